The van der Waals surface area contributed by atoms with Crippen molar-refractivity contribution in [2.45, 2.75) is 45.2 Å². The van der Waals surface area contributed by atoms with E-state index >= 15 is 0 Å². The highest BCUT2D eigenvalue weighted by atomic mass is 28.4. The van der Waals surface area contributed by atoms with Gasteiger partial charge in [-0.15, -0.1) is 0 Å². The molecule has 1 saturated heterocycles. The fourth-order valence-electron chi connectivity index (χ4n) is 4.41. The van der Waals surface area contributed by atoms with Crippen molar-refractivity contribution < 1.29 is 19.1 Å². The summed E-state index contributed by atoms with van der Waals surface area (Å²) >= 11 is 0. The number of amides is 2. The number of carbonyl (C=O) groups is 2. The smallest absolute Gasteiger partial charge is 0.414 e. The minimum Gasteiger partial charge on any atom is -0.465 e. The highest BCUT2D eigenvalue weighted by Crippen LogP contribution is 2.37. The first-order valence-corrected chi connectivity index (χ1v) is 11.9. The third-order valence-electron chi connectivity index (χ3n) is 5.76. The van der Waals surface area contributed by atoms with Crippen molar-refractivity contribution in [1.82, 2.24) is 4.90 Å². The van der Waals surface area contributed by atoms with Gasteiger partial charge in [0, 0.05) is 5.92 Å². The molecule has 1 aliphatic heterocycles. The van der Waals surface area contributed by atoms with E-state index < -0.39 is 20.5 Å². The van der Waals surface area contributed by atoms with Gasteiger partial charge in [0.05, 0.1) is 12.6 Å². The van der Waals surface area contributed by atoms with Gasteiger partial charge in [0.25, 0.3) is 8.32 Å². The summed E-state index contributed by atoms with van der Waals surface area (Å²) in [5.74, 6) is -0.646. The molecular formula is C23H29NO4Si. The molecule has 29 heavy (non-hydrogen) atoms. The molecule has 0 aromatic heterocycles. The molecule has 1 unspecified atom stereocenters. The predicted molar refractivity (Wildman–Crippen MR) is 116 cm³/mol. The molecule has 5 nitrogen and oxygen atoms in total. The van der Waals surface area contributed by atoms with E-state index in [1.54, 1.807) is 6.92 Å². The first-order valence-electron chi connectivity index (χ1n) is 9.99. The topological polar surface area (TPSA) is 66.8 Å². The molecule has 0 saturated carbocycles. The quantitative estimate of drug-likeness (QED) is 0.765. The molecule has 3 rings (SSSR count). The molecule has 0 bridgehead atoms. The number of carboxylic acid groups (broad SMARTS) is 1. The third-order valence-corrected chi connectivity index (χ3v) is 10.8. The Hall–Kier alpha value is -2.44. The zero-order valence-corrected chi connectivity index (χ0v) is 18.5. The Morgan fingerprint density at radius 1 is 1.07 bits per heavy atom. The normalized spacial score (nSPS) is 20.1. The summed E-state index contributed by atoms with van der Waals surface area (Å²) in [7, 11) is -2.76. The van der Waals surface area contributed by atoms with Gasteiger partial charge in [-0.25, -0.2) is 9.69 Å². The summed E-state index contributed by atoms with van der Waals surface area (Å²) in [6.07, 6.45) is -0.709. The monoisotopic (exact) mass is 411 g/mol. The van der Waals surface area contributed by atoms with Gasteiger partial charge in [-0.1, -0.05) is 88.4 Å². The van der Waals surface area contributed by atoms with Crippen molar-refractivity contribution >= 4 is 30.7 Å². The zero-order valence-electron chi connectivity index (χ0n) is 17.5. The van der Waals surface area contributed by atoms with Gasteiger partial charge in [0.15, 0.2) is 0 Å². The second-order valence-electron chi connectivity index (χ2n) is 8.76. The Bertz CT molecular complexity index is 824. The highest BCUT2D eigenvalue weighted by molar-refractivity contribution is 6.99. The van der Waals surface area contributed by atoms with Crippen molar-refractivity contribution in [3.05, 3.63) is 60.7 Å². The van der Waals surface area contributed by atoms with Crippen molar-refractivity contribution in [2.24, 2.45) is 5.92 Å². The van der Waals surface area contributed by atoms with Crippen LogP contribution in [0.1, 0.15) is 34.1 Å². The second-order valence-corrected chi connectivity index (χ2v) is 13.1. The lowest BCUT2D eigenvalue weighted by Gasteiger charge is -2.43. The van der Waals surface area contributed by atoms with Crippen LogP contribution in [-0.4, -0.2) is 43.0 Å². The SMILES string of the molecule is CC1C[C@@H](CO[Si](c2ccccc2)(c2ccccc2)C(C)(C)C)N(C(=O)O)C1=O. The number of nitrogens with zero attached hydrogens (tertiary/aromatic N) is 1. The van der Waals surface area contributed by atoms with Crippen LogP contribution in [0.4, 0.5) is 4.79 Å². The van der Waals surface area contributed by atoms with Gasteiger partial charge < -0.3 is 9.53 Å². The molecule has 2 atom stereocenters. The van der Waals surface area contributed by atoms with E-state index in [4.69, 9.17) is 4.43 Å². The van der Waals surface area contributed by atoms with Crippen LogP contribution >= 0.6 is 0 Å². The van der Waals surface area contributed by atoms with E-state index in [9.17, 15) is 14.7 Å². The number of hydrogen-bond acceptors (Lipinski definition) is 3. The summed E-state index contributed by atoms with van der Waals surface area (Å²) in [5, 5.41) is 11.6. The molecular weight excluding hydrogens is 382 g/mol. The molecule has 2 aromatic rings. The standard InChI is InChI=1S/C23H29NO4Si/c1-17-15-18(24(21(17)25)22(26)27)16-28-29(23(2,3)4,19-11-7-5-8-12-19)20-13-9-6-10-14-20/h5-14,17-18H,15-16H2,1-4H3,(H,26,27)/t17?,18-/m0/s1. The Labute approximate surface area is 173 Å². The van der Waals surface area contributed by atoms with Gasteiger partial charge >= 0.3 is 6.09 Å². The zero-order chi connectivity index (χ0) is 21.2. The maximum Gasteiger partial charge on any atom is 0.414 e. The fraction of sp³-hybridized carbons (Fsp3) is 0.391. The molecule has 0 spiro atoms. The lowest BCUT2D eigenvalue weighted by Crippen LogP contribution is -2.67. The number of rotatable bonds is 5. The average Bonchev–Trinajstić information content (AvgIpc) is 2.97. The number of likely N-dealkylation sites (tertiary alicyclic amines) is 1. The van der Waals surface area contributed by atoms with Gasteiger partial charge in [0.1, 0.15) is 0 Å². The second kappa shape index (κ2) is 8.12. The van der Waals surface area contributed by atoms with Crippen LogP contribution in [0.5, 0.6) is 0 Å². The number of carbonyl (C=O) groups excluding carboxylic acids is 1. The summed E-state index contributed by atoms with van der Waals surface area (Å²) in [6.45, 7) is 8.51. The molecule has 6 heteroatoms. The molecule has 154 valence electrons. The molecule has 1 N–H and O–H groups in total. The van der Waals surface area contributed by atoms with Crippen LogP contribution in [-0.2, 0) is 9.22 Å². The van der Waals surface area contributed by atoms with Crippen molar-refractivity contribution in [2.75, 3.05) is 6.61 Å². The molecule has 1 heterocycles. The van der Waals surface area contributed by atoms with E-state index in [0.29, 0.717) is 6.42 Å². The molecule has 2 aromatic carbocycles. The van der Waals surface area contributed by atoms with Crippen molar-refractivity contribution in [3.8, 4) is 0 Å². The average molecular weight is 412 g/mol. The van der Waals surface area contributed by atoms with Crippen LogP contribution < -0.4 is 10.4 Å². The number of hydrogen-bond donors (Lipinski definition) is 1. The Balaban J connectivity index is 2.05. The summed E-state index contributed by atoms with van der Waals surface area (Å²) in [4.78, 5) is 25.0. The number of benzene rings is 2. The van der Waals surface area contributed by atoms with Gasteiger partial charge in [-0.3, -0.25) is 4.79 Å². The molecule has 2 amide bonds. The van der Waals surface area contributed by atoms with E-state index in [1.807, 2.05) is 36.4 Å². The fourth-order valence-corrected chi connectivity index (χ4v) is 9.01. The molecule has 0 radical (unpaired) electrons. The maximum atomic E-state index is 12.3. The van der Waals surface area contributed by atoms with Gasteiger partial charge in [0.2, 0.25) is 5.91 Å². The van der Waals surface area contributed by atoms with Crippen LogP contribution in [0.2, 0.25) is 5.04 Å². The van der Waals surface area contributed by atoms with Gasteiger partial charge in [-0.2, -0.15) is 0 Å². The molecule has 1 aliphatic rings. The first kappa shape index (κ1) is 21.3. The van der Waals surface area contributed by atoms with E-state index in [1.165, 1.54) is 0 Å². The van der Waals surface area contributed by atoms with Crippen LogP contribution in [0.15, 0.2) is 60.7 Å². The summed E-state index contributed by atoms with van der Waals surface area (Å²) in [5.41, 5.74) is 0. The van der Waals surface area contributed by atoms with Crippen molar-refractivity contribution in [1.29, 1.82) is 0 Å². The van der Waals surface area contributed by atoms with Crippen LogP contribution in [0.3, 0.4) is 0 Å². The minimum absolute atomic E-state index is 0.196. The lowest BCUT2D eigenvalue weighted by molar-refractivity contribution is -0.129. The van der Waals surface area contributed by atoms with E-state index in [2.05, 4.69) is 45.0 Å². The largest absolute Gasteiger partial charge is 0.465 e. The summed E-state index contributed by atoms with van der Waals surface area (Å²) < 4.78 is 6.81. The highest BCUT2D eigenvalue weighted by Gasteiger charge is 2.51. The van der Waals surface area contributed by atoms with Crippen molar-refractivity contribution in [3.63, 3.8) is 0 Å². The molecule has 1 fully saturated rings. The van der Waals surface area contributed by atoms with E-state index in [0.717, 1.165) is 15.3 Å². The van der Waals surface area contributed by atoms with Crippen LogP contribution in [0.25, 0.3) is 0 Å². The maximum absolute atomic E-state index is 12.3. The third kappa shape index (κ3) is 3.87. The first-order chi connectivity index (χ1) is 13.7. The Kier molecular flexibility index (Phi) is 5.96. The van der Waals surface area contributed by atoms with E-state index in [-0.39, 0.29) is 23.5 Å². The lowest BCUT2D eigenvalue weighted by atomic mass is 10.1. The molecule has 0 aliphatic carbocycles. The van der Waals surface area contributed by atoms with Gasteiger partial charge in [-0.05, 0) is 21.8 Å². The minimum atomic E-state index is -2.76. The Morgan fingerprint density at radius 2 is 1.55 bits per heavy atom. The predicted octanol–water partition coefficient (Wildman–Crippen LogP) is 3.48. The van der Waals surface area contributed by atoms with Crippen LogP contribution in [0, 0.1) is 5.92 Å². The Morgan fingerprint density at radius 3 is 1.97 bits per heavy atom. The number of imide groups is 1. The summed E-state index contributed by atoms with van der Waals surface area (Å²) in [6, 6.07) is 20.0.